The number of carbonyl (C=O) groups is 1. The molecule has 1 amide bonds. The molecule has 1 heterocycles. The van der Waals surface area contributed by atoms with E-state index in [1.807, 2.05) is 32.0 Å². The van der Waals surface area contributed by atoms with Gasteiger partial charge in [-0.2, -0.15) is 0 Å². The molecule has 1 N–H and O–H groups in total. The summed E-state index contributed by atoms with van der Waals surface area (Å²) >= 11 is 0. The summed E-state index contributed by atoms with van der Waals surface area (Å²) in [4.78, 5) is 16.0. The van der Waals surface area contributed by atoms with E-state index >= 15 is 0 Å². The Bertz CT molecular complexity index is 537. The van der Waals surface area contributed by atoms with Crippen LogP contribution in [0.3, 0.4) is 0 Å². The van der Waals surface area contributed by atoms with Gasteiger partial charge in [-0.15, -0.1) is 0 Å². The van der Waals surface area contributed by atoms with Crippen LogP contribution < -0.4 is 5.32 Å². The molecule has 0 bridgehead atoms. The topological polar surface area (TPSA) is 46.9 Å². The van der Waals surface area contributed by atoms with E-state index in [0.29, 0.717) is 5.82 Å². The molecule has 17 heavy (non-hydrogen) atoms. The second-order valence-electron chi connectivity index (χ2n) is 4.08. The first-order valence-corrected chi connectivity index (χ1v) is 5.44. The zero-order valence-electron chi connectivity index (χ0n) is 10.2. The van der Waals surface area contributed by atoms with E-state index in [4.69, 9.17) is 0 Å². The van der Waals surface area contributed by atoms with Gasteiger partial charge >= 0.3 is 0 Å². The lowest BCUT2D eigenvalue weighted by atomic mass is 10.1. The Balaban J connectivity index is 2.28. The van der Waals surface area contributed by atoms with Gasteiger partial charge in [-0.05, 0) is 25.0 Å². The summed E-state index contributed by atoms with van der Waals surface area (Å²) in [5, 5.41) is 2.90. The van der Waals surface area contributed by atoms with Crippen LogP contribution in [0.25, 0.3) is 0 Å². The van der Waals surface area contributed by atoms with Gasteiger partial charge in [0.2, 0.25) is 0 Å². The van der Waals surface area contributed by atoms with Crippen molar-refractivity contribution in [3.8, 4) is 0 Å². The summed E-state index contributed by atoms with van der Waals surface area (Å²) in [5.74, 6) is 0.225. The van der Waals surface area contributed by atoms with Crippen molar-refractivity contribution in [3.05, 3.63) is 47.5 Å². The van der Waals surface area contributed by atoms with E-state index in [0.717, 1.165) is 16.8 Å². The monoisotopic (exact) mass is 229 g/mol. The predicted molar refractivity (Wildman–Crippen MR) is 67.1 cm³/mol. The van der Waals surface area contributed by atoms with E-state index in [2.05, 4.69) is 10.3 Å². The molecule has 0 spiro atoms. The number of aromatic nitrogens is 2. The summed E-state index contributed by atoms with van der Waals surface area (Å²) in [6.45, 7) is 3.95. The molecule has 0 unspecified atom stereocenters. The van der Waals surface area contributed by atoms with Crippen molar-refractivity contribution >= 4 is 11.6 Å². The van der Waals surface area contributed by atoms with Crippen molar-refractivity contribution in [1.29, 1.82) is 0 Å². The van der Waals surface area contributed by atoms with Gasteiger partial charge in [-0.25, -0.2) is 4.98 Å². The van der Waals surface area contributed by atoms with Gasteiger partial charge in [0.15, 0.2) is 5.82 Å². The number of hydrogen-bond donors (Lipinski definition) is 1. The maximum Gasteiger partial charge on any atom is 0.291 e. The minimum Gasteiger partial charge on any atom is -0.330 e. The molecular formula is C13H15N3O. The Morgan fingerprint density at radius 1 is 1.29 bits per heavy atom. The molecule has 1 aromatic heterocycles. The highest BCUT2D eigenvalue weighted by Crippen LogP contribution is 2.19. The smallest absolute Gasteiger partial charge is 0.291 e. The summed E-state index contributed by atoms with van der Waals surface area (Å²) in [7, 11) is 1.80. The van der Waals surface area contributed by atoms with Gasteiger partial charge < -0.3 is 9.88 Å². The number of nitrogens with one attached hydrogen (secondary N) is 1. The summed E-state index contributed by atoms with van der Waals surface area (Å²) in [5.41, 5.74) is 2.96. The maximum atomic E-state index is 12.0. The first-order chi connectivity index (χ1) is 8.09. The second-order valence-corrected chi connectivity index (χ2v) is 4.08. The summed E-state index contributed by atoms with van der Waals surface area (Å²) in [6.07, 6.45) is 3.36. The number of carbonyl (C=O) groups excluding carboxylic acids is 1. The first kappa shape index (κ1) is 11.4. The fraction of sp³-hybridized carbons (Fsp3) is 0.231. The molecule has 0 aliphatic carbocycles. The van der Waals surface area contributed by atoms with E-state index in [-0.39, 0.29) is 5.91 Å². The SMILES string of the molecule is Cc1cccc(C)c1NC(=O)c1nccn1C. The molecule has 0 aliphatic heterocycles. The van der Waals surface area contributed by atoms with Crippen molar-refractivity contribution in [2.45, 2.75) is 13.8 Å². The fourth-order valence-electron chi connectivity index (χ4n) is 1.77. The van der Waals surface area contributed by atoms with Crippen molar-refractivity contribution in [3.63, 3.8) is 0 Å². The molecule has 2 aromatic rings. The van der Waals surface area contributed by atoms with Gasteiger partial charge in [-0.3, -0.25) is 4.79 Å². The molecule has 0 fully saturated rings. The zero-order chi connectivity index (χ0) is 12.4. The van der Waals surface area contributed by atoms with Gasteiger partial charge in [0.25, 0.3) is 5.91 Å². The Morgan fingerprint density at radius 2 is 1.94 bits per heavy atom. The van der Waals surface area contributed by atoms with E-state index in [1.54, 1.807) is 24.0 Å². The third-order valence-electron chi connectivity index (χ3n) is 2.74. The lowest BCUT2D eigenvalue weighted by Crippen LogP contribution is -2.18. The predicted octanol–water partition coefficient (Wildman–Crippen LogP) is 2.29. The average Bonchev–Trinajstić information content (AvgIpc) is 2.70. The van der Waals surface area contributed by atoms with Crippen LogP contribution in [0.1, 0.15) is 21.7 Å². The third-order valence-corrected chi connectivity index (χ3v) is 2.74. The fourth-order valence-corrected chi connectivity index (χ4v) is 1.77. The molecule has 4 heteroatoms. The molecule has 88 valence electrons. The van der Waals surface area contributed by atoms with Crippen LogP contribution in [0.5, 0.6) is 0 Å². The van der Waals surface area contributed by atoms with Crippen molar-refractivity contribution in [2.75, 3.05) is 5.32 Å². The zero-order valence-corrected chi connectivity index (χ0v) is 10.2. The van der Waals surface area contributed by atoms with Crippen molar-refractivity contribution < 1.29 is 4.79 Å². The lowest BCUT2D eigenvalue weighted by molar-refractivity contribution is 0.101. The number of imidazole rings is 1. The van der Waals surface area contributed by atoms with E-state index < -0.39 is 0 Å². The quantitative estimate of drug-likeness (QED) is 0.858. The normalized spacial score (nSPS) is 10.3. The number of nitrogens with zero attached hydrogens (tertiary/aromatic N) is 2. The molecule has 1 aromatic carbocycles. The Morgan fingerprint density at radius 3 is 2.47 bits per heavy atom. The van der Waals surface area contributed by atoms with Crippen LogP contribution in [0.2, 0.25) is 0 Å². The maximum absolute atomic E-state index is 12.0. The van der Waals surface area contributed by atoms with Gasteiger partial charge in [-0.1, -0.05) is 18.2 Å². The van der Waals surface area contributed by atoms with Crippen molar-refractivity contribution in [2.24, 2.45) is 7.05 Å². The van der Waals surface area contributed by atoms with Crippen LogP contribution in [0, 0.1) is 13.8 Å². The molecule has 4 nitrogen and oxygen atoms in total. The molecular weight excluding hydrogens is 214 g/mol. The number of amides is 1. The van der Waals surface area contributed by atoms with Crippen LogP contribution in [0.4, 0.5) is 5.69 Å². The second kappa shape index (κ2) is 4.41. The highest BCUT2D eigenvalue weighted by molar-refractivity contribution is 6.02. The number of para-hydroxylation sites is 1. The molecule has 0 saturated heterocycles. The number of benzene rings is 1. The van der Waals surface area contributed by atoms with Gasteiger partial charge in [0, 0.05) is 25.1 Å². The lowest BCUT2D eigenvalue weighted by Gasteiger charge is -2.11. The van der Waals surface area contributed by atoms with Crippen molar-refractivity contribution in [1.82, 2.24) is 9.55 Å². The molecule has 0 saturated carbocycles. The van der Waals surface area contributed by atoms with Gasteiger partial charge in [0.1, 0.15) is 0 Å². The number of anilines is 1. The molecule has 0 radical (unpaired) electrons. The Kier molecular flexibility index (Phi) is 2.95. The van der Waals surface area contributed by atoms with E-state index in [1.165, 1.54) is 0 Å². The summed E-state index contributed by atoms with van der Waals surface area (Å²) < 4.78 is 1.70. The number of aryl methyl sites for hydroxylation is 3. The van der Waals surface area contributed by atoms with Crippen LogP contribution in [-0.2, 0) is 7.05 Å². The largest absolute Gasteiger partial charge is 0.330 e. The standard InChI is InChI=1S/C13H15N3O/c1-9-5-4-6-10(2)11(9)15-13(17)12-14-7-8-16(12)3/h4-8H,1-3H3,(H,15,17). The Hall–Kier alpha value is -2.10. The number of rotatable bonds is 2. The third kappa shape index (κ3) is 2.20. The minimum atomic E-state index is -0.185. The Labute approximate surface area is 100 Å². The van der Waals surface area contributed by atoms with Crippen LogP contribution in [-0.4, -0.2) is 15.5 Å². The average molecular weight is 229 g/mol. The minimum absolute atomic E-state index is 0.185. The highest BCUT2D eigenvalue weighted by atomic mass is 16.2. The van der Waals surface area contributed by atoms with Crippen LogP contribution in [0.15, 0.2) is 30.6 Å². The molecule has 2 rings (SSSR count). The van der Waals surface area contributed by atoms with E-state index in [9.17, 15) is 4.79 Å². The summed E-state index contributed by atoms with van der Waals surface area (Å²) in [6, 6.07) is 5.92. The highest BCUT2D eigenvalue weighted by Gasteiger charge is 2.12. The van der Waals surface area contributed by atoms with Gasteiger partial charge in [0.05, 0.1) is 0 Å². The van der Waals surface area contributed by atoms with Crippen LogP contribution >= 0.6 is 0 Å². The first-order valence-electron chi connectivity index (χ1n) is 5.44. The number of hydrogen-bond acceptors (Lipinski definition) is 2. The molecule has 0 atom stereocenters. The molecule has 0 aliphatic rings.